The first kappa shape index (κ1) is 15.4. The number of likely N-dealkylation sites (N-methyl/N-ethyl adjacent to an activating group) is 2. The van der Waals surface area contributed by atoms with Crippen LogP contribution >= 0.6 is 0 Å². The SMILES string of the molecule is CNCCN(C)C(=O)c1c[nH]cc1-c1ccc2c(c1)OCCO2. The number of nitrogens with zero attached hydrogens (tertiary/aromatic N) is 1. The Kier molecular flexibility index (Phi) is 4.52. The number of carbonyl (C=O) groups excluding carboxylic acids is 1. The summed E-state index contributed by atoms with van der Waals surface area (Å²) in [6, 6.07) is 5.75. The van der Waals surface area contributed by atoms with Gasteiger partial charge in [0, 0.05) is 38.1 Å². The molecule has 0 aliphatic carbocycles. The van der Waals surface area contributed by atoms with Gasteiger partial charge in [-0.1, -0.05) is 6.07 Å². The molecule has 2 aromatic rings. The Hall–Kier alpha value is -2.47. The summed E-state index contributed by atoms with van der Waals surface area (Å²) in [6.07, 6.45) is 3.58. The number of H-pyrrole nitrogens is 1. The van der Waals surface area contributed by atoms with E-state index in [1.54, 1.807) is 18.1 Å². The van der Waals surface area contributed by atoms with Gasteiger partial charge < -0.3 is 24.7 Å². The highest BCUT2D eigenvalue weighted by molar-refractivity contribution is 6.00. The van der Waals surface area contributed by atoms with E-state index >= 15 is 0 Å². The van der Waals surface area contributed by atoms with Crippen molar-refractivity contribution in [2.24, 2.45) is 0 Å². The first-order valence-electron chi connectivity index (χ1n) is 7.67. The summed E-state index contributed by atoms with van der Waals surface area (Å²) < 4.78 is 11.2. The quantitative estimate of drug-likeness (QED) is 0.882. The number of benzene rings is 1. The Bertz CT molecular complexity index is 696. The van der Waals surface area contributed by atoms with Crippen molar-refractivity contribution in [2.45, 2.75) is 0 Å². The van der Waals surface area contributed by atoms with E-state index in [0.29, 0.717) is 25.3 Å². The summed E-state index contributed by atoms with van der Waals surface area (Å²) in [5.74, 6) is 1.46. The van der Waals surface area contributed by atoms with Crippen molar-refractivity contribution in [1.82, 2.24) is 15.2 Å². The van der Waals surface area contributed by atoms with Gasteiger partial charge in [-0.2, -0.15) is 0 Å². The molecule has 0 spiro atoms. The van der Waals surface area contributed by atoms with E-state index in [1.165, 1.54) is 0 Å². The lowest BCUT2D eigenvalue weighted by Crippen LogP contribution is -2.32. The molecule has 1 aromatic heterocycles. The number of aromatic nitrogens is 1. The zero-order chi connectivity index (χ0) is 16.2. The minimum absolute atomic E-state index is 0.00797. The molecule has 2 heterocycles. The van der Waals surface area contributed by atoms with Crippen LogP contribution in [0.25, 0.3) is 11.1 Å². The fraction of sp³-hybridized carbons (Fsp3) is 0.353. The van der Waals surface area contributed by atoms with Crippen molar-refractivity contribution in [2.75, 3.05) is 40.4 Å². The molecule has 0 saturated heterocycles. The van der Waals surface area contributed by atoms with Crippen LogP contribution in [0, 0.1) is 0 Å². The summed E-state index contributed by atoms with van der Waals surface area (Å²) in [6.45, 7) is 2.52. The molecule has 0 saturated carbocycles. The molecular formula is C17H21N3O3. The third-order valence-electron chi connectivity index (χ3n) is 3.87. The number of ether oxygens (including phenoxy) is 2. The molecule has 0 unspecified atom stereocenters. The highest BCUT2D eigenvalue weighted by Gasteiger charge is 2.19. The van der Waals surface area contributed by atoms with Gasteiger partial charge in [0.2, 0.25) is 0 Å². The highest BCUT2D eigenvalue weighted by Crippen LogP contribution is 2.35. The Labute approximate surface area is 135 Å². The third-order valence-corrected chi connectivity index (χ3v) is 3.87. The molecule has 0 bridgehead atoms. The summed E-state index contributed by atoms with van der Waals surface area (Å²) >= 11 is 0. The second kappa shape index (κ2) is 6.75. The van der Waals surface area contributed by atoms with E-state index in [2.05, 4.69) is 10.3 Å². The van der Waals surface area contributed by atoms with Crippen LogP contribution in [0.5, 0.6) is 11.5 Å². The molecule has 0 atom stereocenters. The van der Waals surface area contributed by atoms with Gasteiger partial charge in [0.1, 0.15) is 13.2 Å². The van der Waals surface area contributed by atoms with Crippen LogP contribution in [0.1, 0.15) is 10.4 Å². The van der Waals surface area contributed by atoms with E-state index in [9.17, 15) is 4.79 Å². The van der Waals surface area contributed by atoms with Crippen LogP contribution in [0.2, 0.25) is 0 Å². The summed E-state index contributed by atoms with van der Waals surface area (Å²) in [4.78, 5) is 17.4. The van der Waals surface area contributed by atoms with Crippen molar-refractivity contribution in [3.05, 3.63) is 36.2 Å². The maximum Gasteiger partial charge on any atom is 0.255 e. The maximum atomic E-state index is 12.6. The molecule has 1 amide bonds. The predicted molar refractivity (Wildman–Crippen MR) is 88.1 cm³/mol. The first-order valence-corrected chi connectivity index (χ1v) is 7.67. The van der Waals surface area contributed by atoms with Crippen LogP contribution in [0.4, 0.5) is 0 Å². The normalized spacial score (nSPS) is 13.0. The van der Waals surface area contributed by atoms with E-state index < -0.39 is 0 Å². The Morgan fingerprint density at radius 2 is 2.04 bits per heavy atom. The number of rotatable bonds is 5. The minimum atomic E-state index is -0.00797. The minimum Gasteiger partial charge on any atom is -0.486 e. The fourth-order valence-corrected chi connectivity index (χ4v) is 2.58. The topological polar surface area (TPSA) is 66.6 Å². The van der Waals surface area contributed by atoms with Gasteiger partial charge in [-0.3, -0.25) is 4.79 Å². The van der Waals surface area contributed by atoms with Crippen molar-refractivity contribution in [3.8, 4) is 22.6 Å². The zero-order valence-corrected chi connectivity index (χ0v) is 13.4. The van der Waals surface area contributed by atoms with Gasteiger partial charge >= 0.3 is 0 Å². The molecule has 6 heteroatoms. The molecule has 23 heavy (non-hydrogen) atoms. The predicted octanol–water partition coefficient (Wildman–Crippen LogP) is 1.74. The molecule has 122 valence electrons. The zero-order valence-electron chi connectivity index (χ0n) is 13.4. The Morgan fingerprint density at radius 3 is 2.83 bits per heavy atom. The van der Waals surface area contributed by atoms with Crippen LogP contribution in [-0.2, 0) is 0 Å². The van der Waals surface area contributed by atoms with Gasteiger partial charge in [0.25, 0.3) is 5.91 Å². The second-order valence-electron chi connectivity index (χ2n) is 5.47. The Balaban J connectivity index is 1.87. The van der Waals surface area contributed by atoms with Crippen molar-refractivity contribution < 1.29 is 14.3 Å². The monoisotopic (exact) mass is 315 g/mol. The van der Waals surface area contributed by atoms with Gasteiger partial charge in [0.15, 0.2) is 11.5 Å². The maximum absolute atomic E-state index is 12.6. The van der Waals surface area contributed by atoms with Gasteiger partial charge in [0.05, 0.1) is 5.56 Å². The average Bonchev–Trinajstić information content (AvgIpc) is 3.08. The van der Waals surface area contributed by atoms with Crippen LogP contribution < -0.4 is 14.8 Å². The van der Waals surface area contributed by atoms with Gasteiger partial charge in [-0.15, -0.1) is 0 Å². The molecule has 1 aliphatic heterocycles. The van der Waals surface area contributed by atoms with Crippen LogP contribution in [-0.4, -0.2) is 56.2 Å². The second-order valence-corrected chi connectivity index (χ2v) is 5.47. The van der Waals surface area contributed by atoms with Crippen molar-refractivity contribution >= 4 is 5.91 Å². The number of aromatic amines is 1. The molecule has 1 aromatic carbocycles. The lowest BCUT2D eigenvalue weighted by atomic mass is 10.0. The lowest BCUT2D eigenvalue weighted by molar-refractivity contribution is 0.0798. The van der Waals surface area contributed by atoms with E-state index in [4.69, 9.17) is 9.47 Å². The van der Waals surface area contributed by atoms with Crippen molar-refractivity contribution in [1.29, 1.82) is 0 Å². The third kappa shape index (κ3) is 3.17. The van der Waals surface area contributed by atoms with Gasteiger partial charge in [-0.05, 0) is 24.7 Å². The number of amides is 1. The fourth-order valence-electron chi connectivity index (χ4n) is 2.58. The largest absolute Gasteiger partial charge is 0.486 e. The standard InChI is InChI=1S/C17H21N3O3/c1-18-5-6-20(2)17(21)14-11-19-10-13(14)12-3-4-15-16(9-12)23-8-7-22-15/h3-4,9-11,18-19H,5-8H2,1-2H3. The van der Waals surface area contributed by atoms with Crippen molar-refractivity contribution in [3.63, 3.8) is 0 Å². The number of hydrogen-bond donors (Lipinski definition) is 2. The molecule has 0 fully saturated rings. The molecule has 0 radical (unpaired) electrons. The number of fused-ring (bicyclic) bond motifs is 1. The highest BCUT2D eigenvalue weighted by atomic mass is 16.6. The van der Waals surface area contributed by atoms with Gasteiger partial charge in [-0.25, -0.2) is 0 Å². The molecule has 2 N–H and O–H groups in total. The molecular weight excluding hydrogens is 294 g/mol. The smallest absolute Gasteiger partial charge is 0.255 e. The summed E-state index contributed by atoms with van der Waals surface area (Å²) in [5.41, 5.74) is 2.45. The number of hydrogen-bond acceptors (Lipinski definition) is 4. The number of nitrogens with one attached hydrogen (secondary N) is 2. The van der Waals surface area contributed by atoms with E-state index in [-0.39, 0.29) is 5.91 Å². The molecule has 6 nitrogen and oxygen atoms in total. The molecule has 1 aliphatic rings. The van der Waals surface area contributed by atoms with Crippen LogP contribution in [0.3, 0.4) is 0 Å². The first-order chi connectivity index (χ1) is 11.2. The van der Waals surface area contributed by atoms with E-state index in [0.717, 1.165) is 29.2 Å². The average molecular weight is 315 g/mol. The summed E-state index contributed by atoms with van der Waals surface area (Å²) in [7, 11) is 3.68. The number of carbonyl (C=O) groups is 1. The lowest BCUT2D eigenvalue weighted by Gasteiger charge is -2.20. The summed E-state index contributed by atoms with van der Waals surface area (Å²) in [5, 5.41) is 3.05. The Morgan fingerprint density at radius 1 is 1.26 bits per heavy atom. The van der Waals surface area contributed by atoms with Crippen LogP contribution in [0.15, 0.2) is 30.6 Å². The molecule has 3 rings (SSSR count). The van der Waals surface area contributed by atoms with E-state index in [1.807, 2.05) is 31.4 Å².